The van der Waals surface area contributed by atoms with Gasteiger partial charge in [-0.15, -0.1) is 11.3 Å². The van der Waals surface area contributed by atoms with Crippen LogP contribution in [0.1, 0.15) is 0 Å². The highest BCUT2D eigenvalue weighted by atomic mass is 32.1. The Hall–Kier alpha value is -5.38. The standard InChI is InChI=1S/C40H24N2S/c1-2-8-26-21-27(14-13-25(26)7-1)28-15-16-30-23-31(18-17-29(30)22-28)32-19-20-36(41-24-32)39-38-34-10-4-6-12-37(34)43-40(38)33-9-3-5-11-35(33)42-39/h1-24H. The van der Waals surface area contributed by atoms with E-state index < -0.39 is 0 Å². The highest BCUT2D eigenvalue weighted by molar-refractivity contribution is 7.26. The highest BCUT2D eigenvalue weighted by Gasteiger charge is 2.17. The Morgan fingerprint density at radius 2 is 1.05 bits per heavy atom. The molecular weight excluding hydrogens is 541 g/mol. The molecule has 0 fully saturated rings. The molecule has 0 unspecified atom stereocenters. The highest BCUT2D eigenvalue weighted by Crippen LogP contribution is 2.42. The summed E-state index contributed by atoms with van der Waals surface area (Å²) in [5, 5.41) is 8.59. The van der Waals surface area contributed by atoms with Gasteiger partial charge in [-0.05, 0) is 74.6 Å². The topological polar surface area (TPSA) is 25.8 Å². The molecule has 0 radical (unpaired) electrons. The van der Waals surface area contributed by atoms with Gasteiger partial charge in [-0.2, -0.15) is 0 Å². The zero-order valence-electron chi connectivity index (χ0n) is 23.2. The maximum Gasteiger partial charge on any atom is 0.0986 e. The Kier molecular flexibility index (Phi) is 5.40. The summed E-state index contributed by atoms with van der Waals surface area (Å²) in [6, 6.07) is 49.9. The van der Waals surface area contributed by atoms with Gasteiger partial charge in [0.2, 0.25) is 0 Å². The number of para-hydroxylation sites is 1. The van der Waals surface area contributed by atoms with Crippen LogP contribution < -0.4 is 0 Å². The summed E-state index contributed by atoms with van der Waals surface area (Å²) in [5.74, 6) is 0. The Labute approximate surface area is 252 Å². The third-order valence-electron chi connectivity index (χ3n) is 8.48. The number of thiophene rings is 1. The fourth-order valence-corrected chi connectivity index (χ4v) is 7.51. The van der Waals surface area contributed by atoms with Crippen LogP contribution in [0.2, 0.25) is 0 Å². The van der Waals surface area contributed by atoms with E-state index in [2.05, 4.69) is 140 Å². The number of rotatable bonds is 3. The average molecular weight is 565 g/mol. The lowest BCUT2D eigenvalue weighted by atomic mass is 9.97. The quantitative estimate of drug-likeness (QED) is 0.213. The molecule has 6 aromatic carbocycles. The molecule has 0 aliphatic rings. The van der Waals surface area contributed by atoms with Crippen LogP contribution in [0.3, 0.4) is 0 Å². The summed E-state index contributed by atoms with van der Waals surface area (Å²) < 4.78 is 2.54. The minimum atomic E-state index is 0.892. The number of pyridine rings is 2. The molecule has 0 aliphatic heterocycles. The summed E-state index contributed by atoms with van der Waals surface area (Å²) in [5.41, 5.74) is 7.55. The van der Waals surface area contributed by atoms with Crippen molar-refractivity contribution in [3.63, 3.8) is 0 Å². The molecule has 0 aliphatic carbocycles. The van der Waals surface area contributed by atoms with Gasteiger partial charge in [0.05, 0.1) is 16.9 Å². The molecule has 0 saturated carbocycles. The van der Waals surface area contributed by atoms with E-state index in [1.54, 1.807) is 0 Å². The zero-order chi connectivity index (χ0) is 28.3. The summed E-state index contributed by atoms with van der Waals surface area (Å²) in [7, 11) is 0. The van der Waals surface area contributed by atoms with Crippen LogP contribution in [-0.4, -0.2) is 9.97 Å². The molecule has 0 spiro atoms. The van der Waals surface area contributed by atoms with E-state index in [0.717, 1.165) is 28.0 Å². The lowest BCUT2D eigenvalue weighted by Crippen LogP contribution is -1.91. The smallest absolute Gasteiger partial charge is 0.0986 e. The van der Waals surface area contributed by atoms with Crippen molar-refractivity contribution in [2.24, 2.45) is 0 Å². The summed E-state index contributed by atoms with van der Waals surface area (Å²) >= 11 is 1.83. The fourth-order valence-electron chi connectivity index (χ4n) is 6.27. The summed E-state index contributed by atoms with van der Waals surface area (Å²) in [4.78, 5) is 10.1. The number of hydrogen-bond acceptors (Lipinski definition) is 3. The number of fused-ring (bicyclic) bond motifs is 7. The second kappa shape index (κ2) is 9.59. The lowest BCUT2D eigenvalue weighted by molar-refractivity contribution is 1.29. The Morgan fingerprint density at radius 3 is 1.79 bits per heavy atom. The SMILES string of the molecule is c1ccc2cc(-c3ccc4cc(-c5ccc(-c6nc7ccccc7c7sc8ccccc8c67)nc5)ccc4c3)ccc2c1. The van der Waals surface area contributed by atoms with E-state index in [0.29, 0.717) is 0 Å². The summed E-state index contributed by atoms with van der Waals surface area (Å²) in [6.07, 6.45) is 1.98. The first-order chi connectivity index (χ1) is 21.3. The molecule has 0 atom stereocenters. The Balaban J connectivity index is 1.10. The van der Waals surface area contributed by atoms with E-state index in [1.165, 1.54) is 58.2 Å². The first-order valence-corrected chi connectivity index (χ1v) is 15.3. The molecule has 0 amide bonds. The van der Waals surface area contributed by atoms with Gasteiger partial charge < -0.3 is 0 Å². The third-order valence-corrected chi connectivity index (χ3v) is 9.68. The minimum Gasteiger partial charge on any atom is -0.254 e. The second-order valence-electron chi connectivity index (χ2n) is 11.1. The van der Waals surface area contributed by atoms with Gasteiger partial charge in [-0.1, -0.05) is 103 Å². The van der Waals surface area contributed by atoms with Crippen LogP contribution in [0.25, 0.3) is 86.3 Å². The minimum absolute atomic E-state index is 0.892. The monoisotopic (exact) mass is 564 g/mol. The van der Waals surface area contributed by atoms with Gasteiger partial charge in [-0.3, -0.25) is 4.98 Å². The predicted octanol–water partition coefficient (Wildman–Crippen LogP) is 11.3. The average Bonchev–Trinajstić information content (AvgIpc) is 3.47. The zero-order valence-corrected chi connectivity index (χ0v) is 24.0. The van der Waals surface area contributed by atoms with Gasteiger partial charge >= 0.3 is 0 Å². The number of benzene rings is 6. The van der Waals surface area contributed by atoms with Crippen molar-refractivity contribution in [3.05, 3.63) is 146 Å². The Bertz CT molecular complexity index is 2510. The van der Waals surface area contributed by atoms with Crippen molar-refractivity contribution in [2.45, 2.75) is 0 Å². The van der Waals surface area contributed by atoms with Crippen LogP contribution in [0, 0.1) is 0 Å². The lowest BCUT2D eigenvalue weighted by Gasteiger charge is -2.09. The molecule has 2 nitrogen and oxygen atoms in total. The molecular formula is C40H24N2S. The number of nitrogens with zero attached hydrogens (tertiary/aromatic N) is 2. The van der Waals surface area contributed by atoms with Gasteiger partial charge in [0, 0.05) is 37.3 Å². The fraction of sp³-hybridized carbons (Fsp3) is 0. The Morgan fingerprint density at radius 1 is 0.465 bits per heavy atom. The third kappa shape index (κ3) is 4.01. The molecule has 0 bridgehead atoms. The van der Waals surface area contributed by atoms with Crippen LogP contribution in [-0.2, 0) is 0 Å². The van der Waals surface area contributed by atoms with Crippen molar-refractivity contribution >= 4 is 64.0 Å². The van der Waals surface area contributed by atoms with Gasteiger partial charge in [-0.25, -0.2) is 4.98 Å². The molecule has 3 aromatic heterocycles. The molecule has 0 saturated heterocycles. The van der Waals surface area contributed by atoms with Crippen molar-refractivity contribution in [2.75, 3.05) is 0 Å². The molecule has 9 rings (SSSR count). The van der Waals surface area contributed by atoms with Crippen molar-refractivity contribution in [1.29, 1.82) is 0 Å². The molecule has 3 heterocycles. The second-order valence-corrected chi connectivity index (χ2v) is 12.1. The maximum atomic E-state index is 5.13. The van der Waals surface area contributed by atoms with Crippen molar-refractivity contribution < 1.29 is 0 Å². The number of aromatic nitrogens is 2. The first kappa shape index (κ1) is 24.2. The van der Waals surface area contributed by atoms with Crippen molar-refractivity contribution in [3.8, 4) is 33.6 Å². The molecule has 0 N–H and O–H groups in total. The molecule has 43 heavy (non-hydrogen) atoms. The van der Waals surface area contributed by atoms with E-state index in [1.807, 2.05) is 17.5 Å². The van der Waals surface area contributed by atoms with Crippen molar-refractivity contribution in [1.82, 2.24) is 9.97 Å². The first-order valence-electron chi connectivity index (χ1n) is 14.5. The van der Waals surface area contributed by atoms with Gasteiger partial charge in [0.15, 0.2) is 0 Å². The van der Waals surface area contributed by atoms with E-state index in [-0.39, 0.29) is 0 Å². The van der Waals surface area contributed by atoms with Gasteiger partial charge in [0.1, 0.15) is 0 Å². The summed E-state index contributed by atoms with van der Waals surface area (Å²) in [6.45, 7) is 0. The largest absolute Gasteiger partial charge is 0.254 e. The predicted molar refractivity (Wildman–Crippen MR) is 184 cm³/mol. The molecule has 3 heteroatoms. The van der Waals surface area contributed by atoms with E-state index >= 15 is 0 Å². The van der Waals surface area contributed by atoms with Crippen LogP contribution in [0.5, 0.6) is 0 Å². The van der Waals surface area contributed by atoms with E-state index in [9.17, 15) is 0 Å². The molecule has 200 valence electrons. The van der Waals surface area contributed by atoms with E-state index in [4.69, 9.17) is 9.97 Å². The van der Waals surface area contributed by atoms with Crippen LogP contribution >= 0.6 is 11.3 Å². The van der Waals surface area contributed by atoms with Crippen LogP contribution in [0.15, 0.2) is 146 Å². The maximum absolute atomic E-state index is 5.13. The van der Waals surface area contributed by atoms with Gasteiger partial charge in [0.25, 0.3) is 0 Å². The molecule has 9 aromatic rings. The van der Waals surface area contributed by atoms with Crippen LogP contribution in [0.4, 0.5) is 0 Å². The normalized spacial score (nSPS) is 11.7. The number of hydrogen-bond donors (Lipinski definition) is 0.